The average Bonchev–Trinajstić information content (AvgIpc) is 2.63. The number of carbonyl (C=O) groups excluding carboxylic acids is 1. The Hall–Kier alpha value is -2.36. The van der Waals surface area contributed by atoms with Crippen LogP contribution in [-0.2, 0) is 6.54 Å². The first-order valence-electron chi connectivity index (χ1n) is 7.58. The Kier molecular flexibility index (Phi) is 6.57. The fourth-order valence-electron chi connectivity index (χ4n) is 2.54. The molecule has 1 heterocycles. The Bertz CT molecular complexity index is 849. The molecule has 2 aromatic carbocycles. The van der Waals surface area contributed by atoms with Crippen molar-refractivity contribution in [2.24, 2.45) is 0 Å². The first-order chi connectivity index (χ1) is 11.7. The number of hydrogen-bond acceptors (Lipinski definition) is 2. The minimum atomic E-state index is 0. The predicted octanol–water partition coefficient (Wildman–Crippen LogP) is 0.919. The lowest BCUT2D eigenvalue weighted by Gasteiger charge is -2.06. The van der Waals surface area contributed by atoms with Crippen LogP contribution in [0.4, 0.5) is 0 Å². The summed E-state index contributed by atoms with van der Waals surface area (Å²) < 4.78 is 7.35. The van der Waals surface area contributed by atoms with Gasteiger partial charge in [0, 0.05) is 28.3 Å². The van der Waals surface area contributed by atoms with E-state index in [9.17, 15) is 4.79 Å². The van der Waals surface area contributed by atoms with E-state index in [-0.39, 0.29) is 18.2 Å². The first-order valence-corrected chi connectivity index (χ1v) is 7.96. The van der Waals surface area contributed by atoms with Gasteiger partial charge in [0.2, 0.25) is 0 Å². The standard InChI is InChI=1S/C20H17ClNO2.ClH/c1-24-19-8-7-18(21)13-17(19)14-22-11-9-16(10-12-22)20(23)15-5-3-2-4-6-15;/h2-13H,14H2,1H3;1H/q+1;/p-1. The molecular formula is C20H17Cl2NO2. The van der Waals surface area contributed by atoms with E-state index in [4.69, 9.17) is 16.3 Å². The summed E-state index contributed by atoms with van der Waals surface area (Å²) in [6.07, 6.45) is 3.77. The highest BCUT2D eigenvalue weighted by molar-refractivity contribution is 6.30. The van der Waals surface area contributed by atoms with Crippen LogP contribution in [0.5, 0.6) is 5.75 Å². The van der Waals surface area contributed by atoms with Crippen molar-refractivity contribution in [3.63, 3.8) is 0 Å². The van der Waals surface area contributed by atoms with Crippen LogP contribution in [0.3, 0.4) is 0 Å². The van der Waals surface area contributed by atoms with Crippen molar-refractivity contribution in [3.8, 4) is 5.75 Å². The van der Waals surface area contributed by atoms with E-state index in [2.05, 4.69) is 0 Å². The van der Waals surface area contributed by atoms with Gasteiger partial charge < -0.3 is 17.1 Å². The number of hydrogen-bond donors (Lipinski definition) is 0. The zero-order valence-electron chi connectivity index (χ0n) is 13.7. The van der Waals surface area contributed by atoms with Gasteiger partial charge in [0.15, 0.2) is 24.7 Å². The maximum atomic E-state index is 12.4. The second kappa shape index (κ2) is 8.65. The number of ether oxygens (including phenoxy) is 1. The highest BCUT2D eigenvalue weighted by Gasteiger charge is 2.13. The van der Waals surface area contributed by atoms with Crippen LogP contribution >= 0.6 is 11.6 Å². The number of rotatable bonds is 5. The Morgan fingerprint density at radius 2 is 1.64 bits per heavy atom. The first kappa shape index (κ1) is 19.0. The van der Waals surface area contributed by atoms with E-state index in [0.717, 1.165) is 11.3 Å². The maximum Gasteiger partial charge on any atom is 0.193 e. The largest absolute Gasteiger partial charge is 1.00 e. The highest BCUT2D eigenvalue weighted by Crippen LogP contribution is 2.22. The Labute approximate surface area is 158 Å². The molecule has 0 saturated carbocycles. The van der Waals surface area contributed by atoms with E-state index >= 15 is 0 Å². The molecule has 128 valence electrons. The van der Waals surface area contributed by atoms with Crippen LogP contribution in [-0.4, -0.2) is 12.9 Å². The van der Waals surface area contributed by atoms with Gasteiger partial charge in [-0.1, -0.05) is 41.9 Å². The number of nitrogens with zero attached hydrogens (tertiary/aromatic N) is 1. The molecule has 0 atom stereocenters. The quantitative estimate of drug-likeness (QED) is 0.491. The summed E-state index contributed by atoms with van der Waals surface area (Å²) in [6, 6.07) is 18.5. The van der Waals surface area contributed by atoms with Gasteiger partial charge in [0.05, 0.1) is 12.7 Å². The van der Waals surface area contributed by atoms with E-state index in [1.54, 1.807) is 13.2 Å². The number of pyridine rings is 1. The molecule has 3 nitrogen and oxygen atoms in total. The molecule has 5 heteroatoms. The smallest absolute Gasteiger partial charge is 0.193 e. The van der Waals surface area contributed by atoms with E-state index in [0.29, 0.717) is 22.7 Å². The number of methoxy groups -OCH3 is 1. The lowest BCUT2D eigenvalue weighted by Crippen LogP contribution is -3.00. The molecule has 0 spiro atoms. The van der Waals surface area contributed by atoms with Crippen LogP contribution in [0, 0.1) is 0 Å². The second-order valence-electron chi connectivity index (χ2n) is 5.41. The lowest BCUT2D eigenvalue weighted by atomic mass is 10.0. The summed E-state index contributed by atoms with van der Waals surface area (Å²) in [7, 11) is 1.64. The van der Waals surface area contributed by atoms with Gasteiger partial charge >= 0.3 is 0 Å². The van der Waals surface area contributed by atoms with Crippen LogP contribution < -0.4 is 21.7 Å². The molecule has 0 saturated heterocycles. The van der Waals surface area contributed by atoms with Gasteiger partial charge in [-0.05, 0) is 18.2 Å². The minimum Gasteiger partial charge on any atom is -1.00 e. The van der Waals surface area contributed by atoms with Crippen molar-refractivity contribution in [2.75, 3.05) is 7.11 Å². The normalized spacial score (nSPS) is 10.0. The SMILES string of the molecule is COc1ccc(Cl)cc1C[n+]1ccc(C(=O)c2ccccc2)cc1.[Cl-]. The van der Waals surface area contributed by atoms with Gasteiger partial charge in [-0.15, -0.1) is 0 Å². The molecule has 3 aromatic rings. The number of ketones is 1. The van der Waals surface area contributed by atoms with Gasteiger partial charge in [0.1, 0.15) is 5.75 Å². The summed E-state index contributed by atoms with van der Waals surface area (Å²) in [5.74, 6) is 0.805. The Morgan fingerprint density at radius 1 is 1.00 bits per heavy atom. The topological polar surface area (TPSA) is 30.2 Å². The van der Waals surface area contributed by atoms with Crippen LogP contribution in [0.1, 0.15) is 21.5 Å². The fourth-order valence-corrected chi connectivity index (χ4v) is 2.73. The zero-order chi connectivity index (χ0) is 16.9. The number of aromatic nitrogens is 1. The number of halogens is 2. The number of carbonyl (C=O) groups is 1. The molecule has 0 fully saturated rings. The van der Waals surface area contributed by atoms with Crippen molar-refractivity contribution >= 4 is 17.4 Å². The van der Waals surface area contributed by atoms with Crippen LogP contribution in [0.2, 0.25) is 5.02 Å². The van der Waals surface area contributed by atoms with Gasteiger partial charge in [-0.25, -0.2) is 4.57 Å². The monoisotopic (exact) mass is 373 g/mol. The fraction of sp³-hybridized carbons (Fsp3) is 0.100. The predicted molar refractivity (Wildman–Crippen MR) is 93.6 cm³/mol. The molecule has 0 aliphatic carbocycles. The van der Waals surface area contributed by atoms with Gasteiger partial charge in [0.25, 0.3) is 0 Å². The van der Waals surface area contributed by atoms with Crippen LogP contribution in [0.25, 0.3) is 0 Å². The number of benzene rings is 2. The third kappa shape index (κ3) is 4.59. The summed E-state index contributed by atoms with van der Waals surface area (Å²) in [4.78, 5) is 12.4. The van der Waals surface area contributed by atoms with Crippen molar-refractivity contribution in [2.45, 2.75) is 6.54 Å². The summed E-state index contributed by atoms with van der Waals surface area (Å²) >= 11 is 6.07. The molecular weight excluding hydrogens is 357 g/mol. The molecule has 3 rings (SSSR count). The second-order valence-corrected chi connectivity index (χ2v) is 5.85. The van der Waals surface area contributed by atoms with Crippen molar-refractivity contribution in [1.29, 1.82) is 0 Å². The molecule has 25 heavy (non-hydrogen) atoms. The zero-order valence-corrected chi connectivity index (χ0v) is 15.2. The minimum absolute atomic E-state index is 0. The van der Waals surface area contributed by atoms with E-state index < -0.39 is 0 Å². The molecule has 0 amide bonds. The maximum absolute atomic E-state index is 12.4. The Balaban J connectivity index is 0.00000225. The van der Waals surface area contributed by atoms with E-state index in [1.807, 2.05) is 71.6 Å². The third-order valence-electron chi connectivity index (χ3n) is 3.78. The summed E-state index contributed by atoms with van der Waals surface area (Å²) in [5, 5.41) is 0.669. The molecule has 0 N–H and O–H groups in total. The van der Waals surface area contributed by atoms with E-state index in [1.165, 1.54) is 0 Å². The molecule has 0 bridgehead atoms. The van der Waals surface area contributed by atoms with Gasteiger partial charge in [-0.2, -0.15) is 0 Å². The summed E-state index contributed by atoms with van der Waals surface area (Å²) in [6.45, 7) is 0.615. The molecule has 0 radical (unpaired) electrons. The molecule has 0 aliphatic rings. The average molecular weight is 374 g/mol. The van der Waals surface area contributed by atoms with Crippen molar-refractivity contribution < 1.29 is 26.5 Å². The van der Waals surface area contributed by atoms with Crippen molar-refractivity contribution in [1.82, 2.24) is 0 Å². The third-order valence-corrected chi connectivity index (χ3v) is 4.02. The van der Waals surface area contributed by atoms with Gasteiger partial charge in [-0.3, -0.25) is 4.79 Å². The molecule has 0 unspecified atom stereocenters. The van der Waals surface area contributed by atoms with Crippen LogP contribution in [0.15, 0.2) is 73.1 Å². The van der Waals surface area contributed by atoms with Crippen molar-refractivity contribution in [3.05, 3.63) is 94.8 Å². The molecule has 1 aromatic heterocycles. The molecule has 0 aliphatic heterocycles. The lowest BCUT2D eigenvalue weighted by molar-refractivity contribution is -0.688. The highest BCUT2D eigenvalue weighted by atomic mass is 35.5. The Morgan fingerprint density at radius 3 is 2.28 bits per heavy atom. The summed E-state index contributed by atoms with van der Waals surface area (Å²) in [5.41, 5.74) is 2.33.